The highest BCUT2D eigenvalue weighted by atomic mass is 16.1. The third-order valence-electron chi connectivity index (χ3n) is 1.50. The molecule has 0 bridgehead atoms. The van der Waals surface area contributed by atoms with Gasteiger partial charge >= 0.3 is 0 Å². The summed E-state index contributed by atoms with van der Waals surface area (Å²) in [6.45, 7) is 0.440. The second-order valence-corrected chi connectivity index (χ2v) is 2.28. The van der Waals surface area contributed by atoms with Gasteiger partial charge in [-0.15, -0.1) is 0 Å². The Labute approximate surface area is 68.6 Å². The molecule has 0 unspecified atom stereocenters. The Morgan fingerprint density at radius 2 is 2.42 bits per heavy atom. The maximum atomic E-state index is 11.2. The zero-order chi connectivity index (χ0) is 8.39. The standard InChI is InChI=1S/C7H6N4O/c12-7-5-3-8-4-11-6(5)9-1-2-10-7/h1,3-4H,2H2,(H,10,12). The molecule has 0 spiro atoms. The Morgan fingerprint density at radius 1 is 1.50 bits per heavy atom. The largest absolute Gasteiger partial charge is 0.347 e. The van der Waals surface area contributed by atoms with Crippen molar-refractivity contribution >= 4 is 17.9 Å². The third kappa shape index (κ3) is 1.05. The van der Waals surface area contributed by atoms with Crippen LogP contribution < -0.4 is 5.32 Å². The van der Waals surface area contributed by atoms with Crippen LogP contribution in [0.2, 0.25) is 0 Å². The Bertz CT molecular complexity index is 347. The van der Waals surface area contributed by atoms with Gasteiger partial charge in [0.25, 0.3) is 5.91 Å². The number of carbonyl (C=O) groups is 1. The van der Waals surface area contributed by atoms with E-state index >= 15 is 0 Å². The molecule has 1 amide bonds. The molecular weight excluding hydrogens is 156 g/mol. The Kier molecular flexibility index (Phi) is 1.55. The minimum Gasteiger partial charge on any atom is -0.347 e. The molecule has 1 aromatic heterocycles. The number of nitrogens with zero attached hydrogens (tertiary/aromatic N) is 3. The molecule has 2 heterocycles. The molecule has 1 aliphatic heterocycles. The summed E-state index contributed by atoms with van der Waals surface area (Å²) in [5.74, 6) is 0.253. The van der Waals surface area contributed by atoms with E-state index in [1.54, 1.807) is 6.21 Å². The summed E-state index contributed by atoms with van der Waals surface area (Å²) < 4.78 is 0. The third-order valence-corrected chi connectivity index (χ3v) is 1.50. The van der Waals surface area contributed by atoms with Crippen molar-refractivity contribution in [2.75, 3.05) is 6.54 Å². The van der Waals surface area contributed by atoms with E-state index in [2.05, 4.69) is 20.3 Å². The summed E-state index contributed by atoms with van der Waals surface area (Å²) in [6.07, 6.45) is 4.44. The number of nitrogens with one attached hydrogen (secondary N) is 1. The van der Waals surface area contributed by atoms with Crippen molar-refractivity contribution in [3.05, 3.63) is 18.1 Å². The molecule has 5 heteroatoms. The predicted molar refractivity (Wildman–Crippen MR) is 42.5 cm³/mol. The van der Waals surface area contributed by atoms with Gasteiger partial charge in [0.05, 0.1) is 6.54 Å². The van der Waals surface area contributed by atoms with E-state index < -0.39 is 0 Å². The molecule has 1 aliphatic rings. The average Bonchev–Trinajstić information content (AvgIpc) is 2.29. The molecule has 60 valence electrons. The summed E-state index contributed by atoms with van der Waals surface area (Å²) in [5.41, 5.74) is 0.422. The lowest BCUT2D eigenvalue weighted by atomic mass is 10.3. The van der Waals surface area contributed by atoms with Crippen molar-refractivity contribution in [2.24, 2.45) is 4.99 Å². The highest BCUT2D eigenvalue weighted by Gasteiger charge is 2.12. The molecule has 0 saturated carbocycles. The molecule has 1 aromatic rings. The summed E-state index contributed by atoms with van der Waals surface area (Å²) in [7, 11) is 0. The summed E-state index contributed by atoms with van der Waals surface area (Å²) in [5, 5.41) is 2.63. The molecule has 0 fully saturated rings. The molecule has 0 radical (unpaired) electrons. The van der Waals surface area contributed by atoms with Gasteiger partial charge in [0.15, 0.2) is 5.82 Å². The van der Waals surface area contributed by atoms with Crippen molar-refractivity contribution in [1.82, 2.24) is 15.3 Å². The van der Waals surface area contributed by atoms with E-state index in [0.717, 1.165) is 0 Å². The molecular formula is C7H6N4O. The van der Waals surface area contributed by atoms with Crippen LogP contribution in [0.5, 0.6) is 0 Å². The van der Waals surface area contributed by atoms with Gasteiger partial charge < -0.3 is 5.32 Å². The smallest absolute Gasteiger partial charge is 0.256 e. The van der Waals surface area contributed by atoms with Crippen LogP contribution >= 0.6 is 0 Å². The monoisotopic (exact) mass is 162 g/mol. The predicted octanol–water partition coefficient (Wildman–Crippen LogP) is -0.0777. The van der Waals surface area contributed by atoms with Crippen LogP contribution in [0, 0.1) is 0 Å². The van der Waals surface area contributed by atoms with Crippen LogP contribution in [0.25, 0.3) is 0 Å². The molecule has 12 heavy (non-hydrogen) atoms. The molecule has 0 aromatic carbocycles. The van der Waals surface area contributed by atoms with Gasteiger partial charge in [-0.05, 0) is 0 Å². The first kappa shape index (κ1) is 6.90. The normalized spacial score (nSPS) is 14.8. The van der Waals surface area contributed by atoms with Crippen LogP contribution in [-0.2, 0) is 0 Å². The van der Waals surface area contributed by atoms with Crippen molar-refractivity contribution in [2.45, 2.75) is 0 Å². The van der Waals surface area contributed by atoms with Crippen molar-refractivity contribution in [1.29, 1.82) is 0 Å². The fourth-order valence-corrected chi connectivity index (χ4v) is 0.952. The maximum Gasteiger partial charge on any atom is 0.256 e. The van der Waals surface area contributed by atoms with E-state index in [-0.39, 0.29) is 5.91 Å². The molecule has 0 aliphatic carbocycles. The molecule has 1 N–H and O–H groups in total. The summed E-state index contributed by atoms with van der Waals surface area (Å²) in [6, 6.07) is 0. The molecule has 0 atom stereocenters. The number of hydrogen-bond acceptors (Lipinski definition) is 4. The quantitative estimate of drug-likeness (QED) is 0.580. The van der Waals surface area contributed by atoms with Crippen LogP contribution in [0.3, 0.4) is 0 Å². The Morgan fingerprint density at radius 3 is 3.33 bits per heavy atom. The number of aliphatic imine (C=N–C) groups is 1. The number of fused-ring (bicyclic) bond motifs is 1. The summed E-state index contributed by atoms with van der Waals surface area (Å²) in [4.78, 5) is 22.8. The second-order valence-electron chi connectivity index (χ2n) is 2.28. The highest BCUT2D eigenvalue weighted by Crippen LogP contribution is 2.13. The van der Waals surface area contributed by atoms with Gasteiger partial charge in [0.1, 0.15) is 11.9 Å². The highest BCUT2D eigenvalue weighted by molar-refractivity contribution is 6.00. The van der Waals surface area contributed by atoms with Crippen LogP contribution in [0.15, 0.2) is 17.5 Å². The number of rotatable bonds is 0. The number of carbonyl (C=O) groups excluding carboxylic acids is 1. The molecule has 0 saturated heterocycles. The zero-order valence-electron chi connectivity index (χ0n) is 6.19. The average molecular weight is 162 g/mol. The van der Waals surface area contributed by atoms with E-state index in [4.69, 9.17) is 0 Å². The van der Waals surface area contributed by atoms with E-state index in [1.807, 2.05) is 0 Å². The van der Waals surface area contributed by atoms with Crippen LogP contribution in [-0.4, -0.2) is 28.6 Å². The van der Waals surface area contributed by atoms with Crippen molar-refractivity contribution in [3.63, 3.8) is 0 Å². The van der Waals surface area contributed by atoms with Crippen molar-refractivity contribution < 1.29 is 4.79 Å². The minimum absolute atomic E-state index is 0.178. The van der Waals surface area contributed by atoms with Crippen molar-refractivity contribution in [3.8, 4) is 0 Å². The van der Waals surface area contributed by atoms with Gasteiger partial charge in [-0.1, -0.05) is 0 Å². The lowest BCUT2D eigenvalue weighted by Gasteiger charge is -1.98. The molecule has 5 nitrogen and oxygen atoms in total. The lowest BCUT2D eigenvalue weighted by molar-refractivity contribution is 0.0960. The minimum atomic E-state index is -0.178. The van der Waals surface area contributed by atoms with E-state index in [9.17, 15) is 4.79 Å². The van der Waals surface area contributed by atoms with E-state index in [1.165, 1.54) is 12.5 Å². The van der Waals surface area contributed by atoms with Gasteiger partial charge in [-0.3, -0.25) is 4.79 Å². The first-order valence-corrected chi connectivity index (χ1v) is 3.48. The number of aromatic nitrogens is 2. The van der Waals surface area contributed by atoms with Crippen LogP contribution in [0.4, 0.5) is 5.82 Å². The first-order valence-electron chi connectivity index (χ1n) is 3.48. The second kappa shape index (κ2) is 2.69. The molecule has 2 rings (SSSR count). The Balaban J connectivity index is 2.56. The van der Waals surface area contributed by atoms with Gasteiger partial charge in [-0.25, -0.2) is 15.0 Å². The maximum absolute atomic E-state index is 11.2. The summed E-state index contributed by atoms with van der Waals surface area (Å²) >= 11 is 0. The fraction of sp³-hybridized carbons (Fsp3) is 0.143. The first-order chi connectivity index (χ1) is 5.88. The SMILES string of the molecule is O=C1NCC=Nc2ncncc21. The lowest BCUT2D eigenvalue weighted by Crippen LogP contribution is -2.23. The van der Waals surface area contributed by atoms with Gasteiger partial charge in [-0.2, -0.15) is 0 Å². The zero-order valence-corrected chi connectivity index (χ0v) is 6.19. The fourth-order valence-electron chi connectivity index (χ4n) is 0.952. The number of hydrogen-bond donors (Lipinski definition) is 1. The Hall–Kier alpha value is -1.78. The van der Waals surface area contributed by atoms with E-state index in [0.29, 0.717) is 17.9 Å². The van der Waals surface area contributed by atoms with Crippen LogP contribution in [0.1, 0.15) is 10.4 Å². The number of amides is 1. The van der Waals surface area contributed by atoms with Gasteiger partial charge in [0, 0.05) is 12.4 Å². The topological polar surface area (TPSA) is 67.2 Å². The van der Waals surface area contributed by atoms with Gasteiger partial charge in [0.2, 0.25) is 0 Å².